The van der Waals surface area contributed by atoms with Gasteiger partial charge in [-0.05, 0) is 43.2 Å². The lowest BCUT2D eigenvalue weighted by atomic mass is 10.1. The van der Waals surface area contributed by atoms with E-state index < -0.39 is 0 Å². The average Bonchev–Trinajstić information content (AvgIpc) is 2.50. The number of hydrogen-bond acceptors (Lipinski definition) is 3. The summed E-state index contributed by atoms with van der Waals surface area (Å²) in [6.45, 7) is 7.62. The van der Waals surface area contributed by atoms with E-state index in [1.165, 1.54) is 22.9 Å². The van der Waals surface area contributed by atoms with Crippen LogP contribution in [0.1, 0.15) is 11.1 Å². The molecule has 3 rings (SSSR count). The molecule has 0 bridgehead atoms. The standard InChI is InChI=1S/C17H20FN3/c1-13-5-6-14(2)16(12-13)20-8-10-21(11-9-20)17-15(18)4-3-7-19-17/h3-7,12H,8-11H2,1-2H3. The van der Waals surface area contributed by atoms with E-state index in [0.717, 1.165) is 26.2 Å². The fraction of sp³-hybridized carbons (Fsp3) is 0.353. The van der Waals surface area contributed by atoms with Crippen LogP contribution in [0.5, 0.6) is 0 Å². The van der Waals surface area contributed by atoms with Gasteiger partial charge in [0.25, 0.3) is 0 Å². The maximum absolute atomic E-state index is 13.8. The van der Waals surface area contributed by atoms with Gasteiger partial charge in [0.1, 0.15) is 0 Å². The zero-order chi connectivity index (χ0) is 14.8. The first-order chi connectivity index (χ1) is 10.1. The van der Waals surface area contributed by atoms with Gasteiger partial charge in [0.15, 0.2) is 11.6 Å². The predicted molar refractivity (Wildman–Crippen MR) is 84.5 cm³/mol. The number of anilines is 2. The van der Waals surface area contributed by atoms with E-state index >= 15 is 0 Å². The van der Waals surface area contributed by atoms with Gasteiger partial charge in [-0.1, -0.05) is 12.1 Å². The minimum atomic E-state index is -0.238. The molecule has 0 aliphatic carbocycles. The van der Waals surface area contributed by atoms with Gasteiger partial charge in [-0.25, -0.2) is 9.37 Å². The molecule has 0 radical (unpaired) electrons. The molecule has 1 aromatic heterocycles. The van der Waals surface area contributed by atoms with Crippen LogP contribution in [0, 0.1) is 19.7 Å². The number of piperazine rings is 1. The molecule has 110 valence electrons. The van der Waals surface area contributed by atoms with E-state index in [1.807, 2.05) is 4.90 Å². The Morgan fingerprint density at radius 1 is 1.00 bits per heavy atom. The molecule has 0 atom stereocenters. The fourth-order valence-corrected chi connectivity index (χ4v) is 2.83. The zero-order valence-electron chi connectivity index (χ0n) is 12.5. The number of halogens is 1. The summed E-state index contributed by atoms with van der Waals surface area (Å²) >= 11 is 0. The molecule has 0 N–H and O–H groups in total. The van der Waals surface area contributed by atoms with Crippen molar-refractivity contribution in [2.75, 3.05) is 36.0 Å². The van der Waals surface area contributed by atoms with Crippen LogP contribution in [0.4, 0.5) is 15.9 Å². The molecule has 1 aliphatic rings. The summed E-state index contributed by atoms with van der Waals surface area (Å²) in [5, 5.41) is 0. The van der Waals surface area contributed by atoms with Gasteiger partial charge in [0, 0.05) is 38.1 Å². The summed E-state index contributed by atoms with van der Waals surface area (Å²) in [4.78, 5) is 8.56. The number of hydrogen-bond donors (Lipinski definition) is 0. The van der Waals surface area contributed by atoms with Crippen LogP contribution in [0.15, 0.2) is 36.5 Å². The Labute approximate surface area is 125 Å². The van der Waals surface area contributed by atoms with E-state index in [0.29, 0.717) is 5.82 Å². The summed E-state index contributed by atoms with van der Waals surface area (Å²) < 4.78 is 13.8. The zero-order valence-corrected chi connectivity index (χ0v) is 12.5. The Morgan fingerprint density at radius 2 is 1.71 bits per heavy atom. The van der Waals surface area contributed by atoms with Crippen LogP contribution in [0.2, 0.25) is 0 Å². The van der Waals surface area contributed by atoms with Gasteiger partial charge in [0.05, 0.1) is 0 Å². The smallest absolute Gasteiger partial charge is 0.165 e. The molecule has 3 nitrogen and oxygen atoms in total. The second-order valence-electron chi connectivity index (χ2n) is 5.57. The highest BCUT2D eigenvalue weighted by Crippen LogP contribution is 2.24. The quantitative estimate of drug-likeness (QED) is 0.845. The Bertz CT molecular complexity index is 634. The third-order valence-corrected chi connectivity index (χ3v) is 4.02. The second-order valence-corrected chi connectivity index (χ2v) is 5.57. The third-order valence-electron chi connectivity index (χ3n) is 4.02. The molecule has 2 aromatic rings. The SMILES string of the molecule is Cc1ccc(C)c(N2CCN(c3ncccc3F)CC2)c1. The van der Waals surface area contributed by atoms with Crippen molar-refractivity contribution >= 4 is 11.5 Å². The molecule has 0 spiro atoms. The molecule has 0 saturated carbocycles. The first-order valence-corrected chi connectivity index (χ1v) is 7.33. The van der Waals surface area contributed by atoms with Crippen molar-refractivity contribution in [3.63, 3.8) is 0 Å². The van der Waals surface area contributed by atoms with Crippen molar-refractivity contribution < 1.29 is 4.39 Å². The first kappa shape index (κ1) is 13.9. The molecule has 4 heteroatoms. The van der Waals surface area contributed by atoms with E-state index in [1.54, 1.807) is 12.3 Å². The molecular weight excluding hydrogens is 265 g/mol. The van der Waals surface area contributed by atoms with Gasteiger partial charge in [-0.2, -0.15) is 0 Å². The van der Waals surface area contributed by atoms with Gasteiger partial charge in [-0.3, -0.25) is 0 Å². The molecule has 0 amide bonds. The number of nitrogens with zero attached hydrogens (tertiary/aromatic N) is 3. The van der Waals surface area contributed by atoms with Crippen molar-refractivity contribution in [3.8, 4) is 0 Å². The Morgan fingerprint density at radius 3 is 2.43 bits per heavy atom. The lowest BCUT2D eigenvalue weighted by Gasteiger charge is -2.37. The van der Waals surface area contributed by atoms with Crippen LogP contribution in [-0.4, -0.2) is 31.2 Å². The number of aryl methyl sites for hydroxylation is 2. The lowest BCUT2D eigenvalue weighted by molar-refractivity contribution is 0.588. The summed E-state index contributed by atoms with van der Waals surface area (Å²) in [6.07, 6.45) is 1.65. The summed E-state index contributed by atoms with van der Waals surface area (Å²) in [7, 11) is 0. The Kier molecular flexibility index (Phi) is 3.78. The number of pyridine rings is 1. The minimum Gasteiger partial charge on any atom is -0.368 e. The molecule has 1 aromatic carbocycles. The Hall–Kier alpha value is -2.10. The highest BCUT2D eigenvalue weighted by Gasteiger charge is 2.21. The third kappa shape index (κ3) is 2.84. The monoisotopic (exact) mass is 285 g/mol. The molecular formula is C17H20FN3. The van der Waals surface area contributed by atoms with Gasteiger partial charge < -0.3 is 9.80 Å². The van der Waals surface area contributed by atoms with Crippen LogP contribution < -0.4 is 9.80 Å². The van der Waals surface area contributed by atoms with Gasteiger partial charge in [0.2, 0.25) is 0 Å². The number of rotatable bonds is 2. The van der Waals surface area contributed by atoms with Crippen LogP contribution >= 0.6 is 0 Å². The van der Waals surface area contributed by atoms with Crippen molar-refractivity contribution in [1.82, 2.24) is 4.98 Å². The molecule has 2 heterocycles. The van der Waals surface area contributed by atoms with E-state index in [2.05, 4.69) is 41.9 Å². The van der Waals surface area contributed by atoms with Gasteiger partial charge in [-0.15, -0.1) is 0 Å². The van der Waals surface area contributed by atoms with Crippen LogP contribution in [-0.2, 0) is 0 Å². The fourth-order valence-electron chi connectivity index (χ4n) is 2.83. The van der Waals surface area contributed by atoms with E-state index in [4.69, 9.17) is 0 Å². The number of aromatic nitrogens is 1. The van der Waals surface area contributed by atoms with Crippen molar-refractivity contribution in [2.24, 2.45) is 0 Å². The first-order valence-electron chi connectivity index (χ1n) is 7.33. The van der Waals surface area contributed by atoms with Crippen molar-refractivity contribution in [1.29, 1.82) is 0 Å². The van der Waals surface area contributed by atoms with Crippen molar-refractivity contribution in [3.05, 3.63) is 53.5 Å². The normalized spacial score (nSPS) is 15.4. The van der Waals surface area contributed by atoms with E-state index in [9.17, 15) is 4.39 Å². The number of benzene rings is 1. The lowest BCUT2D eigenvalue weighted by Crippen LogP contribution is -2.47. The summed E-state index contributed by atoms with van der Waals surface area (Å²) in [5.41, 5.74) is 3.85. The second kappa shape index (κ2) is 5.72. The Balaban J connectivity index is 1.73. The maximum atomic E-state index is 13.8. The minimum absolute atomic E-state index is 0.238. The maximum Gasteiger partial charge on any atom is 0.165 e. The molecule has 0 unspecified atom stereocenters. The summed E-state index contributed by atoms with van der Waals surface area (Å²) in [6, 6.07) is 9.63. The molecule has 1 aliphatic heterocycles. The van der Waals surface area contributed by atoms with E-state index in [-0.39, 0.29) is 5.82 Å². The molecule has 1 saturated heterocycles. The highest BCUT2D eigenvalue weighted by molar-refractivity contribution is 5.56. The summed E-state index contributed by atoms with van der Waals surface area (Å²) in [5.74, 6) is 0.232. The largest absolute Gasteiger partial charge is 0.368 e. The highest BCUT2D eigenvalue weighted by atomic mass is 19.1. The van der Waals surface area contributed by atoms with Crippen LogP contribution in [0.3, 0.4) is 0 Å². The predicted octanol–water partition coefficient (Wildman–Crippen LogP) is 3.16. The topological polar surface area (TPSA) is 19.4 Å². The van der Waals surface area contributed by atoms with Gasteiger partial charge >= 0.3 is 0 Å². The molecule has 1 fully saturated rings. The average molecular weight is 285 g/mol. The van der Waals surface area contributed by atoms with Crippen LogP contribution in [0.25, 0.3) is 0 Å². The van der Waals surface area contributed by atoms with Crippen molar-refractivity contribution in [2.45, 2.75) is 13.8 Å². The molecule has 21 heavy (non-hydrogen) atoms.